The minimum absolute atomic E-state index is 0.00625. The second kappa shape index (κ2) is 6.12. The van der Waals surface area contributed by atoms with Crippen molar-refractivity contribution in [3.63, 3.8) is 0 Å². The van der Waals surface area contributed by atoms with Crippen molar-refractivity contribution in [3.8, 4) is 0 Å². The number of benzene rings is 1. The fourth-order valence-corrected chi connectivity index (χ4v) is 3.08. The van der Waals surface area contributed by atoms with Crippen LogP contribution in [0.4, 0.5) is 5.82 Å². The average Bonchev–Trinajstić information content (AvgIpc) is 2.54. The molecule has 0 spiro atoms. The van der Waals surface area contributed by atoms with Crippen molar-refractivity contribution in [1.29, 1.82) is 0 Å². The molecule has 21 heavy (non-hydrogen) atoms. The van der Waals surface area contributed by atoms with Crippen LogP contribution in [0.5, 0.6) is 0 Å². The van der Waals surface area contributed by atoms with Crippen molar-refractivity contribution in [2.24, 2.45) is 0 Å². The molecule has 0 atom stereocenters. The quantitative estimate of drug-likeness (QED) is 0.908. The highest BCUT2D eigenvalue weighted by Gasteiger charge is 2.18. The number of carbonyl (C=O) groups excluding carboxylic acids is 1. The van der Waals surface area contributed by atoms with Crippen molar-refractivity contribution >= 4 is 22.5 Å². The van der Waals surface area contributed by atoms with Gasteiger partial charge in [0.25, 0.3) is 5.91 Å². The molecule has 4 heteroatoms. The molecule has 0 aliphatic heterocycles. The third-order valence-electron chi connectivity index (χ3n) is 4.22. The monoisotopic (exact) mass is 283 g/mol. The lowest BCUT2D eigenvalue weighted by Crippen LogP contribution is -2.36. The lowest BCUT2D eigenvalue weighted by Gasteiger charge is -2.23. The van der Waals surface area contributed by atoms with Crippen LogP contribution in [0.3, 0.4) is 0 Å². The van der Waals surface area contributed by atoms with Crippen LogP contribution in [0, 0.1) is 0 Å². The van der Waals surface area contributed by atoms with Crippen LogP contribution in [0.1, 0.15) is 42.5 Å². The van der Waals surface area contributed by atoms with Crippen LogP contribution in [0.15, 0.2) is 30.5 Å². The summed E-state index contributed by atoms with van der Waals surface area (Å²) < 4.78 is 0. The molecule has 2 aromatic rings. The van der Waals surface area contributed by atoms with Crippen LogP contribution >= 0.6 is 0 Å². The first-order valence-corrected chi connectivity index (χ1v) is 7.66. The SMILES string of the molecule is CNc1ncc(C(=O)NC2CCCCC2)c2ccccc12. The maximum atomic E-state index is 12.6. The Morgan fingerprint density at radius 3 is 2.57 bits per heavy atom. The zero-order valence-electron chi connectivity index (χ0n) is 12.4. The molecule has 0 unspecified atom stereocenters. The third kappa shape index (κ3) is 2.84. The minimum Gasteiger partial charge on any atom is -0.373 e. The van der Waals surface area contributed by atoms with E-state index in [0.717, 1.165) is 29.4 Å². The second-order valence-electron chi connectivity index (χ2n) is 5.62. The number of anilines is 1. The van der Waals surface area contributed by atoms with Crippen molar-refractivity contribution in [2.45, 2.75) is 38.1 Å². The van der Waals surface area contributed by atoms with Gasteiger partial charge >= 0.3 is 0 Å². The van der Waals surface area contributed by atoms with E-state index in [1.54, 1.807) is 6.20 Å². The number of fused-ring (bicyclic) bond motifs is 1. The minimum atomic E-state index is -0.00625. The largest absolute Gasteiger partial charge is 0.373 e. The molecule has 1 amide bonds. The van der Waals surface area contributed by atoms with E-state index in [4.69, 9.17) is 0 Å². The van der Waals surface area contributed by atoms with Crippen molar-refractivity contribution in [1.82, 2.24) is 10.3 Å². The Morgan fingerprint density at radius 2 is 1.86 bits per heavy atom. The first-order chi connectivity index (χ1) is 10.3. The summed E-state index contributed by atoms with van der Waals surface area (Å²) in [6.45, 7) is 0. The summed E-state index contributed by atoms with van der Waals surface area (Å²) in [5.74, 6) is 0.799. The number of nitrogens with one attached hydrogen (secondary N) is 2. The van der Waals surface area contributed by atoms with Crippen molar-refractivity contribution < 1.29 is 4.79 Å². The molecule has 1 aromatic carbocycles. The van der Waals surface area contributed by atoms with Gasteiger partial charge in [-0.25, -0.2) is 4.98 Å². The Morgan fingerprint density at radius 1 is 1.14 bits per heavy atom. The molecule has 1 aliphatic rings. The van der Waals surface area contributed by atoms with Gasteiger partial charge in [-0.1, -0.05) is 43.5 Å². The number of hydrogen-bond acceptors (Lipinski definition) is 3. The fourth-order valence-electron chi connectivity index (χ4n) is 3.08. The predicted molar refractivity (Wildman–Crippen MR) is 85.6 cm³/mol. The number of aromatic nitrogens is 1. The lowest BCUT2D eigenvalue weighted by atomic mass is 9.95. The third-order valence-corrected chi connectivity index (χ3v) is 4.22. The van der Waals surface area contributed by atoms with E-state index < -0.39 is 0 Å². The van der Waals surface area contributed by atoms with Crippen LogP contribution < -0.4 is 10.6 Å². The highest BCUT2D eigenvalue weighted by Crippen LogP contribution is 2.25. The van der Waals surface area contributed by atoms with E-state index in [0.29, 0.717) is 11.6 Å². The average molecular weight is 283 g/mol. The molecule has 1 aliphatic carbocycles. The van der Waals surface area contributed by atoms with Crippen molar-refractivity contribution in [2.75, 3.05) is 12.4 Å². The van der Waals surface area contributed by atoms with Gasteiger partial charge in [0.15, 0.2) is 0 Å². The number of nitrogens with zero attached hydrogens (tertiary/aromatic N) is 1. The number of carbonyl (C=O) groups is 1. The molecule has 0 bridgehead atoms. The van der Waals surface area contributed by atoms with Gasteiger partial charge in [0, 0.05) is 24.7 Å². The first kappa shape index (κ1) is 13.9. The molecule has 1 aromatic heterocycles. The Balaban J connectivity index is 1.91. The number of amides is 1. The van der Waals surface area contributed by atoms with Gasteiger partial charge in [0.1, 0.15) is 5.82 Å². The summed E-state index contributed by atoms with van der Waals surface area (Å²) in [5.41, 5.74) is 0.662. The van der Waals surface area contributed by atoms with E-state index in [1.807, 2.05) is 31.3 Å². The highest BCUT2D eigenvalue weighted by atomic mass is 16.1. The summed E-state index contributed by atoms with van der Waals surface area (Å²) >= 11 is 0. The van der Waals surface area contributed by atoms with E-state index in [1.165, 1.54) is 19.3 Å². The summed E-state index contributed by atoms with van der Waals surface area (Å²) in [4.78, 5) is 16.9. The van der Waals surface area contributed by atoms with E-state index in [-0.39, 0.29) is 5.91 Å². The zero-order valence-corrected chi connectivity index (χ0v) is 12.4. The van der Waals surface area contributed by atoms with Gasteiger partial charge in [-0.15, -0.1) is 0 Å². The summed E-state index contributed by atoms with van der Waals surface area (Å²) in [6.07, 6.45) is 7.56. The summed E-state index contributed by atoms with van der Waals surface area (Å²) in [7, 11) is 1.84. The number of rotatable bonds is 3. The molecule has 1 heterocycles. The Labute approximate surface area is 125 Å². The molecule has 0 radical (unpaired) electrons. The number of pyridine rings is 1. The first-order valence-electron chi connectivity index (χ1n) is 7.66. The van der Waals surface area contributed by atoms with E-state index in [9.17, 15) is 4.79 Å². The van der Waals surface area contributed by atoms with Gasteiger partial charge < -0.3 is 10.6 Å². The maximum absolute atomic E-state index is 12.6. The molecular formula is C17H21N3O. The van der Waals surface area contributed by atoms with Crippen LogP contribution in [-0.2, 0) is 0 Å². The van der Waals surface area contributed by atoms with Crippen LogP contribution in [0.25, 0.3) is 10.8 Å². The topological polar surface area (TPSA) is 54.0 Å². The predicted octanol–water partition coefficient (Wildman–Crippen LogP) is 3.34. The Bertz CT molecular complexity index is 648. The molecule has 2 N–H and O–H groups in total. The fraction of sp³-hybridized carbons (Fsp3) is 0.412. The van der Waals surface area contributed by atoms with Crippen molar-refractivity contribution in [3.05, 3.63) is 36.0 Å². The van der Waals surface area contributed by atoms with Gasteiger partial charge in [-0.2, -0.15) is 0 Å². The van der Waals surface area contributed by atoms with Gasteiger partial charge in [0.2, 0.25) is 0 Å². The normalized spacial score (nSPS) is 15.9. The molecule has 4 nitrogen and oxygen atoms in total. The standard InChI is InChI=1S/C17H21N3O/c1-18-16-14-10-6-5-9-13(14)15(11-19-16)17(21)20-12-7-3-2-4-8-12/h5-6,9-12H,2-4,7-8H2,1H3,(H,18,19)(H,20,21). The Kier molecular flexibility index (Phi) is 4.04. The molecular weight excluding hydrogens is 262 g/mol. The van der Waals surface area contributed by atoms with Crippen LogP contribution in [0.2, 0.25) is 0 Å². The highest BCUT2D eigenvalue weighted by molar-refractivity contribution is 6.09. The van der Waals surface area contributed by atoms with Crippen LogP contribution in [-0.4, -0.2) is 24.0 Å². The van der Waals surface area contributed by atoms with Gasteiger partial charge in [-0.3, -0.25) is 4.79 Å². The Hall–Kier alpha value is -2.10. The number of hydrogen-bond donors (Lipinski definition) is 2. The zero-order chi connectivity index (χ0) is 14.7. The summed E-state index contributed by atoms with van der Waals surface area (Å²) in [5, 5.41) is 8.17. The van der Waals surface area contributed by atoms with E-state index in [2.05, 4.69) is 15.6 Å². The van der Waals surface area contributed by atoms with Gasteiger partial charge in [0.05, 0.1) is 5.56 Å². The smallest absolute Gasteiger partial charge is 0.253 e. The van der Waals surface area contributed by atoms with E-state index >= 15 is 0 Å². The molecule has 1 saturated carbocycles. The lowest BCUT2D eigenvalue weighted by molar-refractivity contribution is 0.0929. The molecule has 3 rings (SSSR count). The molecule has 0 saturated heterocycles. The molecule has 110 valence electrons. The molecule has 1 fully saturated rings. The van der Waals surface area contributed by atoms with Gasteiger partial charge in [-0.05, 0) is 18.2 Å². The summed E-state index contributed by atoms with van der Waals surface area (Å²) in [6, 6.07) is 8.21. The second-order valence-corrected chi connectivity index (χ2v) is 5.62. The maximum Gasteiger partial charge on any atom is 0.253 e.